The number of hydrogen-bond acceptors (Lipinski definition) is 2. The van der Waals surface area contributed by atoms with Crippen molar-refractivity contribution in [1.82, 2.24) is 10.2 Å². The van der Waals surface area contributed by atoms with E-state index in [1.807, 2.05) is 24.1 Å². The molecule has 1 aromatic carbocycles. The van der Waals surface area contributed by atoms with Crippen LogP contribution in [-0.4, -0.2) is 37.0 Å². The lowest BCUT2D eigenvalue weighted by Gasteiger charge is -2.24. The average molecular weight is 415 g/mol. The fourth-order valence-electron chi connectivity index (χ4n) is 2.35. The highest BCUT2D eigenvalue weighted by molar-refractivity contribution is 14.1. The molecule has 6 heteroatoms. The Bertz CT molecular complexity index is 456. The van der Waals surface area contributed by atoms with Gasteiger partial charge in [-0.1, -0.05) is 11.6 Å². The summed E-state index contributed by atoms with van der Waals surface area (Å²) in [5.74, 6) is 0.113. The van der Waals surface area contributed by atoms with Gasteiger partial charge in [-0.15, -0.1) is 12.4 Å². The van der Waals surface area contributed by atoms with Gasteiger partial charge in [0.2, 0.25) is 0 Å². The van der Waals surface area contributed by atoms with Crippen LogP contribution in [0.2, 0.25) is 5.02 Å². The molecule has 1 saturated heterocycles. The van der Waals surface area contributed by atoms with Gasteiger partial charge in [0, 0.05) is 28.3 Å². The van der Waals surface area contributed by atoms with E-state index in [4.69, 9.17) is 11.6 Å². The maximum absolute atomic E-state index is 12.4. The fourth-order valence-corrected chi connectivity index (χ4v) is 2.98. The molecule has 1 atom stereocenters. The van der Waals surface area contributed by atoms with Crippen LogP contribution in [0.15, 0.2) is 18.2 Å². The molecular formula is C13H17Cl2IN2O. The summed E-state index contributed by atoms with van der Waals surface area (Å²) in [5.41, 5.74) is 0.729. The molecule has 1 heterocycles. The van der Waals surface area contributed by atoms with Gasteiger partial charge in [-0.25, -0.2) is 0 Å². The van der Waals surface area contributed by atoms with Gasteiger partial charge in [-0.05, 0) is 60.7 Å². The lowest BCUT2D eigenvalue weighted by molar-refractivity contribution is 0.0737. The van der Waals surface area contributed by atoms with E-state index in [1.165, 1.54) is 0 Å². The van der Waals surface area contributed by atoms with Crippen LogP contribution in [-0.2, 0) is 0 Å². The molecule has 1 aliphatic heterocycles. The highest BCUT2D eigenvalue weighted by Gasteiger charge is 2.28. The molecule has 1 fully saturated rings. The van der Waals surface area contributed by atoms with Gasteiger partial charge in [0.1, 0.15) is 0 Å². The van der Waals surface area contributed by atoms with Gasteiger partial charge >= 0.3 is 0 Å². The molecule has 3 nitrogen and oxygen atoms in total. The molecule has 0 spiro atoms. The van der Waals surface area contributed by atoms with Gasteiger partial charge < -0.3 is 10.2 Å². The monoisotopic (exact) mass is 414 g/mol. The van der Waals surface area contributed by atoms with E-state index in [1.54, 1.807) is 6.07 Å². The number of nitrogens with one attached hydrogen (secondary N) is 1. The van der Waals surface area contributed by atoms with Gasteiger partial charge in [-0.3, -0.25) is 4.79 Å². The second-order valence-corrected chi connectivity index (χ2v) is 6.05. The molecular weight excluding hydrogens is 398 g/mol. The number of likely N-dealkylation sites (tertiary alicyclic amines) is 1. The van der Waals surface area contributed by atoms with Crippen molar-refractivity contribution in [2.75, 3.05) is 20.1 Å². The number of hydrogen-bond donors (Lipinski definition) is 1. The number of carbonyl (C=O) groups excluding carboxylic acids is 1. The first-order valence-corrected chi connectivity index (χ1v) is 7.49. The van der Waals surface area contributed by atoms with Crippen molar-refractivity contribution in [3.63, 3.8) is 0 Å². The van der Waals surface area contributed by atoms with E-state index in [-0.39, 0.29) is 18.3 Å². The highest BCUT2D eigenvalue weighted by Crippen LogP contribution is 2.23. The predicted molar refractivity (Wildman–Crippen MR) is 89.4 cm³/mol. The van der Waals surface area contributed by atoms with Crippen molar-refractivity contribution in [2.24, 2.45) is 0 Å². The summed E-state index contributed by atoms with van der Waals surface area (Å²) in [7, 11) is 1.92. The molecule has 0 bridgehead atoms. The number of amides is 1. The van der Waals surface area contributed by atoms with Crippen LogP contribution in [0.5, 0.6) is 0 Å². The molecule has 1 N–H and O–H groups in total. The SMILES string of the molecule is CNCC1CCCN1C(=O)c1ccc(Cl)c(I)c1.Cl. The third-order valence-corrected chi connectivity index (χ3v) is 4.79. The number of rotatable bonds is 3. The minimum Gasteiger partial charge on any atom is -0.334 e. The molecule has 0 aliphatic carbocycles. The Hall–Kier alpha value is -0.0400. The maximum atomic E-state index is 12.4. The van der Waals surface area contributed by atoms with Crippen molar-refractivity contribution in [1.29, 1.82) is 0 Å². The van der Waals surface area contributed by atoms with Crippen LogP contribution in [0.1, 0.15) is 23.2 Å². The van der Waals surface area contributed by atoms with Crippen LogP contribution in [0.25, 0.3) is 0 Å². The smallest absolute Gasteiger partial charge is 0.254 e. The first kappa shape index (κ1) is 17.0. The van der Waals surface area contributed by atoms with Crippen molar-refractivity contribution in [3.05, 3.63) is 32.4 Å². The van der Waals surface area contributed by atoms with Gasteiger partial charge in [0.15, 0.2) is 0 Å². The molecule has 1 aromatic rings. The lowest BCUT2D eigenvalue weighted by Crippen LogP contribution is -2.40. The van der Waals surface area contributed by atoms with Crippen molar-refractivity contribution in [2.45, 2.75) is 18.9 Å². The first-order valence-electron chi connectivity index (χ1n) is 6.04. The molecule has 1 amide bonds. The van der Waals surface area contributed by atoms with E-state index in [0.717, 1.165) is 35.1 Å². The van der Waals surface area contributed by atoms with E-state index >= 15 is 0 Å². The minimum atomic E-state index is 0. The molecule has 106 valence electrons. The molecule has 1 unspecified atom stereocenters. The third kappa shape index (κ3) is 3.97. The van der Waals surface area contributed by atoms with Gasteiger partial charge in [-0.2, -0.15) is 0 Å². The molecule has 0 saturated carbocycles. The van der Waals surface area contributed by atoms with Crippen LogP contribution < -0.4 is 5.32 Å². The van der Waals surface area contributed by atoms with Crippen LogP contribution >= 0.6 is 46.6 Å². The first-order chi connectivity index (χ1) is 8.63. The molecule has 0 aromatic heterocycles. The zero-order valence-corrected chi connectivity index (χ0v) is 14.4. The third-order valence-electron chi connectivity index (χ3n) is 3.24. The Labute approximate surface area is 138 Å². The number of benzene rings is 1. The normalized spacial score (nSPS) is 18.3. The number of carbonyl (C=O) groups is 1. The summed E-state index contributed by atoms with van der Waals surface area (Å²) in [5, 5.41) is 3.84. The van der Waals surface area contributed by atoms with E-state index < -0.39 is 0 Å². The second kappa shape index (κ2) is 7.67. The largest absolute Gasteiger partial charge is 0.334 e. The standard InChI is InChI=1S/C13H16ClIN2O.ClH/c1-16-8-10-3-2-6-17(10)13(18)9-4-5-11(14)12(15)7-9;/h4-5,7,10,16H,2-3,6,8H2,1H3;1H. The summed E-state index contributed by atoms with van der Waals surface area (Å²) < 4.78 is 0.921. The van der Waals surface area contributed by atoms with Crippen LogP contribution in [0.3, 0.4) is 0 Å². The zero-order chi connectivity index (χ0) is 13.1. The predicted octanol–water partition coefficient (Wildman–Crippen LogP) is 3.19. The van der Waals surface area contributed by atoms with Crippen LogP contribution in [0, 0.1) is 3.57 Å². The Morgan fingerprint density at radius 3 is 2.95 bits per heavy atom. The molecule has 19 heavy (non-hydrogen) atoms. The number of nitrogens with zero attached hydrogens (tertiary/aromatic N) is 1. The summed E-state index contributed by atoms with van der Waals surface area (Å²) in [6.07, 6.45) is 2.17. The van der Waals surface area contributed by atoms with Crippen molar-refractivity contribution in [3.8, 4) is 0 Å². The Kier molecular flexibility index (Phi) is 6.86. The minimum absolute atomic E-state index is 0. The van der Waals surface area contributed by atoms with Gasteiger partial charge in [0.05, 0.1) is 5.02 Å². The Morgan fingerprint density at radius 1 is 1.58 bits per heavy atom. The fraction of sp³-hybridized carbons (Fsp3) is 0.462. The van der Waals surface area contributed by atoms with Crippen LogP contribution in [0.4, 0.5) is 0 Å². The van der Waals surface area contributed by atoms with E-state index in [9.17, 15) is 4.79 Å². The van der Waals surface area contributed by atoms with Crippen molar-refractivity contribution >= 4 is 52.5 Å². The zero-order valence-electron chi connectivity index (χ0n) is 10.7. The highest BCUT2D eigenvalue weighted by atomic mass is 127. The summed E-state index contributed by atoms with van der Waals surface area (Å²) in [6.45, 7) is 1.71. The summed E-state index contributed by atoms with van der Waals surface area (Å²) in [6, 6.07) is 5.78. The maximum Gasteiger partial charge on any atom is 0.254 e. The molecule has 1 aliphatic rings. The number of halogens is 3. The summed E-state index contributed by atoms with van der Waals surface area (Å²) >= 11 is 8.13. The summed E-state index contributed by atoms with van der Waals surface area (Å²) in [4.78, 5) is 14.4. The van der Waals surface area contributed by atoms with E-state index in [2.05, 4.69) is 27.9 Å². The van der Waals surface area contributed by atoms with Gasteiger partial charge in [0.25, 0.3) is 5.91 Å². The Morgan fingerprint density at radius 2 is 2.32 bits per heavy atom. The Balaban J connectivity index is 0.00000180. The molecule has 2 rings (SSSR count). The van der Waals surface area contributed by atoms with E-state index in [0.29, 0.717) is 11.1 Å². The van der Waals surface area contributed by atoms with Crippen molar-refractivity contribution < 1.29 is 4.79 Å². The average Bonchev–Trinajstić information content (AvgIpc) is 2.80. The lowest BCUT2D eigenvalue weighted by atomic mass is 10.1. The quantitative estimate of drug-likeness (QED) is 0.770. The molecule has 0 radical (unpaired) electrons. The number of likely N-dealkylation sites (N-methyl/N-ethyl adjacent to an activating group) is 1. The second-order valence-electron chi connectivity index (χ2n) is 4.48. The topological polar surface area (TPSA) is 32.3 Å².